The fourth-order valence-corrected chi connectivity index (χ4v) is 4.05. The second kappa shape index (κ2) is 6.48. The summed E-state index contributed by atoms with van der Waals surface area (Å²) in [5.74, 6) is 0.0348. The summed E-state index contributed by atoms with van der Waals surface area (Å²) in [5, 5.41) is -0.440. The van der Waals surface area contributed by atoms with E-state index in [-0.39, 0.29) is 24.2 Å². The van der Waals surface area contributed by atoms with Gasteiger partial charge in [0.1, 0.15) is 15.7 Å². The lowest BCUT2D eigenvalue weighted by Crippen LogP contribution is -2.45. The van der Waals surface area contributed by atoms with E-state index in [1.54, 1.807) is 6.20 Å². The highest BCUT2D eigenvalue weighted by atomic mass is 16.7. The molecule has 29 heavy (non-hydrogen) atoms. The van der Waals surface area contributed by atoms with E-state index in [0.29, 0.717) is 12.1 Å². The first-order valence-electron chi connectivity index (χ1n) is 10.2. The van der Waals surface area contributed by atoms with Gasteiger partial charge in [0.05, 0.1) is 22.5 Å². The number of aryl methyl sites for hydroxylation is 1. The molecule has 1 saturated heterocycles. The van der Waals surface area contributed by atoms with Crippen LogP contribution in [0.4, 0.5) is 0 Å². The first kappa shape index (κ1) is 20.2. The van der Waals surface area contributed by atoms with Crippen molar-refractivity contribution in [2.45, 2.75) is 57.7 Å². The van der Waals surface area contributed by atoms with Crippen molar-refractivity contribution in [3.05, 3.63) is 58.9 Å². The maximum Gasteiger partial charge on any atom is 0.494 e. The SMILES string of the molecule is BC1(B)c2ncccc2C(=O)N1Cc1ccc(B2OC(C)(C)C(C)(C)O2)cc1C. The van der Waals surface area contributed by atoms with Crippen LogP contribution in [0.25, 0.3) is 0 Å². The predicted octanol–water partition coefficient (Wildman–Crippen LogP) is 0.722. The van der Waals surface area contributed by atoms with E-state index in [1.165, 1.54) is 0 Å². The first-order chi connectivity index (χ1) is 13.4. The van der Waals surface area contributed by atoms with Gasteiger partial charge in [-0.05, 0) is 63.3 Å². The van der Waals surface area contributed by atoms with Gasteiger partial charge in [-0.1, -0.05) is 18.2 Å². The Hall–Kier alpha value is -2.05. The third-order valence-corrected chi connectivity index (χ3v) is 6.76. The molecule has 0 atom stereocenters. The summed E-state index contributed by atoms with van der Waals surface area (Å²) in [7, 11) is 3.72. The largest absolute Gasteiger partial charge is 0.494 e. The van der Waals surface area contributed by atoms with Crippen LogP contribution in [0, 0.1) is 6.92 Å². The highest BCUT2D eigenvalue weighted by molar-refractivity contribution is 6.62. The Morgan fingerprint density at radius 2 is 1.76 bits per heavy atom. The zero-order valence-corrected chi connectivity index (χ0v) is 18.4. The Kier molecular flexibility index (Phi) is 4.52. The lowest BCUT2D eigenvalue weighted by molar-refractivity contribution is 0.00578. The molecule has 4 rings (SSSR count). The van der Waals surface area contributed by atoms with E-state index >= 15 is 0 Å². The van der Waals surface area contributed by atoms with Crippen molar-refractivity contribution in [1.82, 2.24) is 9.88 Å². The van der Waals surface area contributed by atoms with Gasteiger partial charge in [-0.2, -0.15) is 0 Å². The van der Waals surface area contributed by atoms with Crippen molar-refractivity contribution >= 4 is 34.2 Å². The van der Waals surface area contributed by atoms with Crippen LogP contribution in [0.1, 0.15) is 54.9 Å². The predicted molar refractivity (Wildman–Crippen MR) is 120 cm³/mol. The van der Waals surface area contributed by atoms with Gasteiger partial charge in [0.2, 0.25) is 0 Å². The summed E-state index contributed by atoms with van der Waals surface area (Å²) >= 11 is 0. The molecule has 148 valence electrons. The number of rotatable bonds is 3. The minimum Gasteiger partial charge on any atom is -0.399 e. The number of hydrogen-bond donors (Lipinski definition) is 0. The minimum absolute atomic E-state index is 0.0348. The van der Waals surface area contributed by atoms with E-state index in [0.717, 1.165) is 22.3 Å². The van der Waals surface area contributed by atoms with Crippen molar-refractivity contribution in [2.75, 3.05) is 0 Å². The number of fused-ring (bicyclic) bond motifs is 1. The molecule has 0 saturated carbocycles. The average Bonchev–Trinajstić information content (AvgIpc) is 2.97. The number of carbonyl (C=O) groups is 1. The van der Waals surface area contributed by atoms with E-state index in [2.05, 4.69) is 67.4 Å². The second-order valence-corrected chi connectivity index (χ2v) is 9.62. The first-order valence-corrected chi connectivity index (χ1v) is 10.2. The van der Waals surface area contributed by atoms with Crippen LogP contribution in [0.15, 0.2) is 36.5 Å². The van der Waals surface area contributed by atoms with E-state index in [4.69, 9.17) is 9.31 Å². The van der Waals surface area contributed by atoms with Gasteiger partial charge in [-0.3, -0.25) is 9.78 Å². The van der Waals surface area contributed by atoms with Gasteiger partial charge in [-0.25, -0.2) is 0 Å². The number of carbonyl (C=O) groups excluding carboxylic acids is 1. The second-order valence-electron chi connectivity index (χ2n) is 9.62. The normalized spacial score (nSPS) is 21.5. The lowest BCUT2D eigenvalue weighted by atomic mass is 9.59. The molecule has 2 aromatic rings. The molecule has 1 fully saturated rings. The van der Waals surface area contributed by atoms with Crippen LogP contribution in [0.3, 0.4) is 0 Å². The Labute approximate surface area is 175 Å². The monoisotopic (exact) mass is 388 g/mol. The Bertz CT molecular complexity index is 975. The van der Waals surface area contributed by atoms with Crippen LogP contribution in [0.5, 0.6) is 0 Å². The average molecular weight is 388 g/mol. The summed E-state index contributed by atoms with van der Waals surface area (Å²) in [5.41, 5.74) is 4.04. The summed E-state index contributed by atoms with van der Waals surface area (Å²) in [6.45, 7) is 10.8. The van der Waals surface area contributed by atoms with Crippen LogP contribution >= 0.6 is 0 Å². The highest BCUT2D eigenvalue weighted by Gasteiger charge is 2.51. The number of benzene rings is 1. The Balaban J connectivity index is 1.58. The molecule has 0 unspecified atom stereocenters. The molecule has 1 aromatic carbocycles. The number of aromatic nitrogens is 1. The van der Waals surface area contributed by atoms with Gasteiger partial charge in [0, 0.05) is 18.1 Å². The van der Waals surface area contributed by atoms with Crippen molar-refractivity contribution in [2.24, 2.45) is 0 Å². The molecule has 0 radical (unpaired) electrons. The maximum atomic E-state index is 13.0. The van der Waals surface area contributed by atoms with Gasteiger partial charge in [0.25, 0.3) is 5.91 Å². The van der Waals surface area contributed by atoms with Crippen molar-refractivity contribution < 1.29 is 14.1 Å². The molecule has 2 aliphatic heterocycles. The Morgan fingerprint density at radius 1 is 1.10 bits per heavy atom. The molecule has 8 heteroatoms. The quantitative estimate of drug-likeness (QED) is 0.728. The fourth-order valence-electron chi connectivity index (χ4n) is 4.05. The van der Waals surface area contributed by atoms with E-state index < -0.39 is 5.34 Å². The molecule has 0 bridgehead atoms. The molecule has 2 aliphatic rings. The lowest BCUT2D eigenvalue weighted by Gasteiger charge is -2.32. The molecule has 0 spiro atoms. The van der Waals surface area contributed by atoms with Gasteiger partial charge >= 0.3 is 7.12 Å². The molecule has 0 N–H and O–H groups in total. The third-order valence-electron chi connectivity index (χ3n) is 6.76. The zero-order valence-electron chi connectivity index (χ0n) is 18.4. The molecule has 5 nitrogen and oxygen atoms in total. The third kappa shape index (κ3) is 3.13. The van der Waals surface area contributed by atoms with Gasteiger partial charge < -0.3 is 14.2 Å². The van der Waals surface area contributed by atoms with Gasteiger partial charge in [-0.15, -0.1) is 0 Å². The number of amides is 1. The number of nitrogens with zero attached hydrogens (tertiary/aromatic N) is 2. The highest BCUT2D eigenvalue weighted by Crippen LogP contribution is 2.37. The van der Waals surface area contributed by atoms with E-state index in [1.807, 2.05) is 23.1 Å². The molecule has 1 amide bonds. The molecule has 0 aliphatic carbocycles. The number of pyridine rings is 1. The van der Waals surface area contributed by atoms with Gasteiger partial charge in [0.15, 0.2) is 0 Å². The van der Waals surface area contributed by atoms with E-state index in [9.17, 15) is 4.79 Å². The molecular formula is C21H27B3N2O3. The molecular weight excluding hydrogens is 361 g/mol. The summed E-state index contributed by atoms with van der Waals surface area (Å²) < 4.78 is 12.4. The summed E-state index contributed by atoms with van der Waals surface area (Å²) in [4.78, 5) is 19.4. The standard InChI is InChI=1S/C21H27B3N2O3/c1-13-11-15(24-28-19(2,3)20(4,5)29-24)9-8-14(13)12-26-18(27)16-7-6-10-25-17(16)21(26,22)23/h6-11H,12,22-23H2,1-5H3. The summed E-state index contributed by atoms with van der Waals surface area (Å²) in [6, 6.07) is 9.91. The fraction of sp³-hybridized carbons (Fsp3) is 0.429. The van der Waals surface area contributed by atoms with Crippen LogP contribution in [-0.4, -0.2) is 49.8 Å². The maximum absolute atomic E-state index is 13.0. The van der Waals surface area contributed by atoms with Crippen molar-refractivity contribution in [3.8, 4) is 0 Å². The van der Waals surface area contributed by atoms with Crippen molar-refractivity contribution in [3.63, 3.8) is 0 Å². The molecule has 3 heterocycles. The van der Waals surface area contributed by atoms with Crippen LogP contribution in [-0.2, 0) is 21.2 Å². The Morgan fingerprint density at radius 3 is 2.34 bits per heavy atom. The minimum atomic E-state index is -0.440. The smallest absolute Gasteiger partial charge is 0.399 e. The zero-order chi connectivity index (χ0) is 21.2. The van der Waals surface area contributed by atoms with Crippen LogP contribution in [0.2, 0.25) is 0 Å². The number of hydrogen-bond acceptors (Lipinski definition) is 4. The van der Waals surface area contributed by atoms with Crippen LogP contribution < -0.4 is 5.46 Å². The molecule has 1 aromatic heterocycles. The summed E-state index contributed by atoms with van der Waals surface area (Å²) in [6.07, 6.45) is 1.75. The topological polar surface area (TPSA) is 51.7 Å². The van der Waals surface area contributed by atoms with Crippen molar-refractivity contribution in [1.29, 1.82) is 0 Å².